The Labute approximate surface area is 117 Å². The van der Waals surface area contributed by atoms with E-state index in [-0.39, 0.29) is 0 Å². The zero-order chi connectivity index (χ0) is 13.0. The quantitative estimate of drug-likeness (QED) is 0.864. The van der Waals surface area contributed by atoms with Crippen molar-refractivity contribution in [3.05, 3.63) is 63.9 Å². The van der Waals surface area contributed by atoms with Crippen LogP contribution in [0.2, 0.25) is 0 Å². The van der Waals surface area contributed by atoms with E-state index in [1.165, 1.54) is 11.1 Å². The van der Waals surface area contributed by atoms with Gasteiger partial charge in [0.15, 0.2) is 0 Å². The van der Waals surface area contributed by atoms with Gasteiger partial charge in [0.25, 0.3) is 0 Å². The molecule has 0 fully saturated rings. The Bertz CT molecular complexity index is 508. The first-order valence-electron chi connectivity index (χ1n) is 6.06. The highest BCUT2D eigenvalue weighted by Crippen LogP contribution is 2.14. The van der Waals surface area contributed by atoms with Crippen LogP contribution in [0.15, 0.2) is 47.1 Å². The van der Waals surface area contributed by atoms with E-state index >= 15 is 0 Å². The number of halogens is 1. The molecule has 0 aliphatic carbocycles. The monoisotopic (exact) mass is 304 g/mol. The molecule has 1 aromatic carbocycles. The molecule has 0 saturated carbocycles. The first-order valence-corrected chi connectivity index (χ1v) is 6.86. The minimum atomic E-state index is 0.325. The third-order valence-corrected chi connectivity index (χ3v) is 3.38. The van der Waals surface area contributed by atoms with Crippen molar-refractivity contribution in [1.29, 1.82) is 0 Å². The van der Waals surface area contributed by atoms with Gasteiger partial charge in [-0.1, -0.05) is 35.9 Å². The van der Waals surface area contributed by atoms with Gasteiger partial charge >= 0.3 is 0 Å². The van der Waals surface area contributed by atoms with Crippen molar-refractivity contribution in [2.24, 2.45) is 0 Å². The molecule has 1 N–H and O–H groups in total. The molecule has 0 radical (unpaired) electrons. The maximum absolute atomic E-state index is 4.41. The predicted molar refractivity (Wildman–Crippen MR) is 78.4 cm³/mol. The topological polar surface area (TPSA) is 24.9 Å². The van der Waals surface area contributed by atoms with Crippen LogP contribution in [0.5, 0.6) is 0 Å². The third kappa shape index (κ3) is 3.65. The molecule has 1 aromatic heterocycles. The van der Waals surface area contributed by atoms with Gasteiger partial charge in [0.2, 0.25) is 0 Å². The van der Waals surface area contributed by atoms with E-state index in [4.69, 9.17) is 0 Å². The highest BCUT2D eigenvalue weighted by molar-refractivity contribution is 9.10. The van der Waals surface area contributed by atoms with Gasteiger partial charge in [-0.2, -0.15) is 0 Å². The summed E-state index contributed by atoms with van der Waals surface area (Å²) < 4.78 is 0.879. The lowest BCUT2D eigenvalue weighted by atomic mass is 10.1. The molecule has 0 spiro atoms. The van der Waals surface area contributed by atoms with Crippen LogP contribution in [-0.4, -0.2) is 4.98 Å². The zero-order valence-corrected chi connectivity index (χ0v) is 12.2. The smallest absolute Gasteiger partial charge is 0.106 e. The largest absolute Gasteiger partial charge is 0.305 e. The van der Waals surface area contributed by atoms with Crippen LogP contribution in [0.3, 0.4) is 0 Å². The normalized spacial score (nSPS) is 12.4. The van der Waals surface area contributed by atoms with Crippen molar-refractivity contribution >= 4 is 15.9 Å². The molecule has 2 rings (SSSR count). The number of nitrogens with zero attached hydrogens (tertiary/aromatic N) is 1. The molecule has 0 amide bonds. The van der Waals surface area contributed by atoms with Crippen molar-refractivity contribution in [3.8, 4) is 0 Å². The SMILES string of the molecule is Cc1ccc(C(C)NCc2cccc(Br)n2)cc1. The van der Waals surface area contributed by atoms with Crippen LogP contribution in [0.4, 0.5) is 0 Å². The van der Waals surface area contributed by atoms with E-state index in [0.29, 0.717) is 6.04 Å². The van der Waals surface area contributed by atoms with Gasteiger partial charge in [-0.05, 0) is 47.5 Å². The molecule has 1 unspecified atom stereocenters. The van der Waals surface area contributed by atoms with Crippen LogP contribution in [0.25, 0.3) is 0 Å². The fourth-order valence-electron chi connectivity index (χ4n) is 1.78. The summed E-state index contributed by atoms with van der Waals surface area (Å²) in [7, 11) is 0. The third-order valence-electron chi connectivity index (χ3n) is 2.94. The minimum Gasteiger partial charge on any atom is -0.305 e. The summed E-state index contributed by atoms with van der Waals surface area (Å²) >= 11 is 3.38. The van der Waals surface area contributed by atoms with Gasteiger partial charge in [-0.3, -0.25) is 0 Å². The fourth-order valence-corrected chi connectivity index (χ4v) is 2.16. The number of pyridine rings is 1. The van der Waals surface area contributed by atoms with Crippen LogP contribution >= 0.6 is 15.9 Å². The lowest BCUT2D eigenvalue weighted by Crippen LogP contribution is -2.18. The maximum Gasteiger partial charge on any atom is 0.106 e. The molecule has 1 heterocycles. The Morgan fingerprint density at radius 3 is 2.56 bits per heavy atom. The zero-order valence-electron chi connectivity index (χ0n) is 10.7. The first-order chi connectivity index (χ1) is 8.65. The summed E-state index contributed by atoms with van der Waals surface area (Å²) in [6.45, 7) is 5.05. The lowest BCUT2D eigenvalue weighted by molar-refractivity contribution is 0.567. The summed E-state index contributed by atoms with van der Waals surface area (Å²) in [6.07, 6.45) is 0. The summed E-state index contributed by atoms with van der Waals surface area (Å²) in [5.74, 6) is 0. The summed E-state index contributed by atoms with van der Waals surface area (Å²) in [5.41, 5.74) is 3.64. The lowest BCUT2D eigenvalue weighted by Gasteiger charge is -2.14. The average Bonchev–Trinajstić information content (AvgIpc) is 2.37. The molecule has 94 valence electrons. The van der Waals surface area contributed by atoms with Gasteiger partial charge in [0.05, 0.1) is 5.69 Å². The molecule has 18 heavy (non-hydrogen) atoms. The van der Waals surface area contributed by atoms with E-state index in [2.05, 4.69) is 64.3 Å². The number of hydrogen-bond donors (Lipinski definition) is 1. The molecule has 0 saturated heterocycles. The van der Waals surface area contributed by atoms with Crippen molar-refractivity contribution < 1.29 is 0 Å². The Morgan fingerprint density at radius 1 is 1.17 bits per heavy atom. The van der Waals surface area contributed by atoms with E-state index in [1.807, 2.05) is 18.2 Å². The second-order valence-electron chi connectivity index (χ2n) is 4.46. The molecule has 2 nitrogen and oxygen atoms in total. The minimum absolute atomic E-state index is 0.325. The molecular weight excluding hydrogens is 288 g/mol. The van der Waals surface area contributed by atoms with Crippen molar-refractivity contribution in [1.82, 2.24) is 10.3 Å². The average molecular weight is 305 g/mol. The number of nitrogens with one attached hydrogen (secondary N) is 1. The van der Waals surface area contributed by atoms with Crippen molar-refractivity contribution in [2.45, 2.75) is 26.4 Å². The second-order valence-corrected chi connectivity index (χ2v) is 5.28. The van der Waals surface area contributed by atoms with E-state index in [0.717, 1.165) is 16.8 Å². The summed E-state index contributed by atoms with van der Waals surface area (Å²) in [5, 5.41) is 3.48. The van der Waals surface area contributed by atoms with E-state index in [1.54, 1.807) is 0 Å². The van der Waals surface area contributed by atoms with Gasteiger partial charge in [0, 0.05) is 12.6 Å². The van der Waals surface area contributed by atoms with Crippen LogP contribution < -0.4 is 5.32 Å². The highest BCUT2D eigenvalue weighted by atomic mass is 79.9. The second kappa shape index (κ2) is 6.12. The van der Waals surface area contributed by atoms with Crippen molar-refractivity contribution in [3.63, 3.8) is 0 Å². The van der Waals surface area contributed by atoms with Crippen LogP contribution in [-0.2, 0) is 6.54 Å². The highest BCUT2D eigenvalue weighted by Gasteiger charge is 2.04. The molecule has 1 atom stereocenters. The molecule has 0 bridgehead atoms. The number of aromatic nitrogens is 1. The number of benzene rings is 1. The predicted octanol–water partition coefficient (Wildman–Crippen LogP) is 4.00. The van der Waals surface area contributed by atoms with E-state index < -0.39 is 0 Å². The van der Waals surface area contributed by atoms with Crippen LogP contribution in [0, 0.1) is 6.92 Å². The molecule has 0 aliphatic rings. The molecular formula is C15H17BrN2. The standard InChI is InChI=1S/C15H17BrN2/c1-11-6-8-13(9-7-11)12(2)17-10-14-4-3-5-15(16)18-14/h3-9,12,17H,10H2,1-2H3. The van der Waals surface area contributed by atoms with Crippen molar-refractivity contribution in [2.75, 3.05) is 0 Å². The Hall–Kier alpha value is -1.19. The van der Waals surface area contributed by atoms with Gasteiger partial charge in [0.1, 0.15) is 4.60 Å². The maximum atomic E-state index is 4.41. The Balaban J connectivity index is 1.96. The van der Waals surface area contributed by atoms with Gasteiger partial charge in [-0.25, -0.2) is 4.98 Å². The Morgan fingerprint density at radius 2 is 1.89 bits per heavy atom. The number of aryl methyl sites for hydroxylation is 1. The fraction of sp³-hybridized carbons (Fsp3) is 0.267. The summed E-state index contributed by atoms with van der Waals surface area (Å²) in [4.78, 5) is 4.41. The van der Waals surface area contributed by atoms with Gasteiger partial charge in [-0.15, -0.1) is 0 Å². The van der Waals surface area contributed by atoms with E-state index in [9.17, 15) is 0 Å². The Kier molecular flexibility index (Phi) is 4.50. The summed E-state index contributed by atoms with van der Waals surface area (Å²) in [6, 6.07) is 14.9. The first kappa shape index (κ1) is 13.2. The number of hydrogen-bond acceptors (Lipinski definition) is 2. The molecule has 0 aliphatic heterocycles. The van der Waals surface area contributed by atoms with Gasteiger partial charge < -0.3 is 5.32 Å². The molecule has 2 aromatic rings. The van der Waals surface area contributed by atoms with Crippen LogP contribution in [0.1, 0.15) is 29.8 Å². The number of rotatable bonds is 4. The molecule has 3 heteroatoms.